The highest BCUT2D eigenvalue weighted by molar-refractivity contribution is 5.69. The molecule has 3 N–H and O–H groups in total. The van der Waals surface area contributed by atoms with E-state index in [1.165, 1.54) is 70.6 Å². The fraction of sp³-hybridized carbons (Fsp3) is 0.762. The molecule has 49 heavy (non-hydrogen) atoms. The molecule has 0 rings (SSSR count). The van der Waals surface area contributed by atoms with Gasteiger partial charge >= 0.3 is 11.9 Å². The molecule has 0 saturated heterocycles. The lowest BCUT2D eigenvalue weighted by atomic mass is 10.0. The summed E-state index contributed by atoms with van der Waals surface area (Å²) in [5.74, 6) is -0.00868. The van der Waals surface area contributed by atoms with Crippen LogP contribution in [0.4, 0.5) is 0 Å². The van der Waals surface area contributed by atoms with E-state index in [0.29, 0.717) is 19.3 Å². The summed E-state index contributed by atoms with van der Waals surface area (Å²) in [5.41, 5.74) is 0. The molecule has 0 aliphatic carbocycles. The van der Waals surface area contributed by atoms with Gasteiger partial charge in [0.25, 0.3) is 0 Å². The van der Waals surface area contributed by atoms with E-state index in [1.54, 1.807) is 0 Å². The van der Waals surface area contributed by atoms with Crippen molar-refractivity contribution < 1.29 is 34.4 Å². The first-order chi connectivity index (χ1) is 23.8. The Balaban J connectivity index is 3.68. The molecule has 0 spiro atoms. The molecule has 0 fully saturated rings. The van der Waals surface area contributed by atoms with Crippen LogP contribution in [0, 0.1) is 5.92 Å². The zero-order valence-electron chi connectivity index (χ0n) is 31.6. The average molecular weight is 691 g/mol. The van der Waals surface area contributed by atoms with Crippen LogP contribution >= 0.6 is 0 Å². The summed E-state index contributed by atoms with van der Waals surface area (Å²) >= 11 is 0. The van der Waals surface area contributed by atoms with Crippen molar-refractivity contribution in [2.24, 2.45) is 5.92 Å². The molecule has 0 aromatic rings. The van der Waals surface area contributed by atoms with Crippen molar-refractivity contribution in [1.82, 2.24) is 0 Å². The van der Waals surface area contributed by atoms with Crippen LogP contribution in [0.25, 0.3) is 0 Å². The molecule has 0 aromatic heterocycles. The Morgan fingerprint density at radius 3 is 1.39 bits per heavy atom. The Morgan fingerprint density at radius 2 is 0.918 bits per heavy atom. The van der Waals surface area contributed by atoms with Crippen molar-refractivity contribution in [1.29, 1.82) is 0 Å². The van der Waals surface area contributed by atoms with Gasteiger partial charge in [0.05, 0.1) is 12.2 Å². The topological polar surface area (TPSA) is 113 Å². The second kappa shape index (κ2) is 35.6. The number of unbranched alkanes of at least 4 members (excludes halogenated alkanes) is 12. The second-order valence-electron chi connectivity index (χ2n) is 13.8. The first-order valence-corrected chi connectivity index (χ1v) is 19.7. The maximum Gasteiger partial charge on any atom is 0.305 e. The molecule has 0 aliphatic rings. The minimum Gasteiger partial charge on any atom is -0.463 e. The van der Waals surface area contributed by atoms with Crippen molar-refractivity contribution in [3.8, 4) is 0 Å². The van der Waals surface area contributed by atoms with E-state index in [0.717, 1.165) is 50.9 Å². The highest BCUT2D eigenvalue weighted by Gasteiger charge is 2.16. The summed E-state index contributed by atoms with van der Waals surface area (Å²) in [6, 6.07) is 0. The number of ether oxygens (including phenoxy) is 2. The van der Waals surface area contributed by atoms with Gasteiger partial charge in [-0.2, -0.15) is 0 Å². The second-order valence-corrected chi connectivity index (χ2v) is 13.8. The summed E-state index contributed by atoms with van der Waals surface area (Å²) in [6.07, 6.45) is 36.4. The number of aliphatic hydroxyl groups excluding tert-OH is 3. The zero-order chi connectivity index (χ0) is 36.2. The smallest absolute Gasteiger partial charge is 0.305 e. The van der Waals surface area contributed by atoms with E-state index in [-0.39, 0.29) is 32.0 Å². The Morgan fingerprint density at radius 1 is 0.510 bits per heavy atom. The van der Waals surface area contributed by atoms with Crippen LogP contribution in [-0.4, -0.2) is 58.8 Å². The molecule has 0 amide bonds. The van der Waals surface area contributed by atoms with Gasteiger partial charge in [-0.3, -0.25) is 9.59 Å². The number of allylic oxidation sites excluding steroid dienone is 7. The summed E-state index contributed by atoms with van der Waals surface area (Å²) in [4.78, 5) is 24.0. The van der Waals surface area contributed by atoms with Gasteiger partial charge in [0, 0.05) is 12.8 Å². The van der Waals surface area contributed by atoms with Gasteiger partial charge in [0.2, 0.25) is 0 Å². The maximum absolute atomic E-state index is 12.0. The van der Waals surface area contributed by atoms with Gasteiger partial charge in [0.1, 0.15) is 19.3 Å². The maximum atomic E-state index is 12.0. The predicted octanol–water partition coefficient (Wildman–Crippen LogP) is 10.0. The Bertz CT molecular complexity index is 876. The van der Waals surface area contributed by atoms with Crippen LogP contribution in [-0.2, 0) is 19.1 Å². The number of hydrogen-bond donors (Lipinski definition) is 3. The van der Waals surface area contributed by atoms with Crippen LogP contribution < -0.4 is 0 Å². The Labute approximate surface area is 300 Å². The molecule has 3 atom stereocenters. The highest BCUT2D eigenvalue weighted by atomic mass is 16.6. The summed E-state index contributed by atoms with van der Waals surface area (Å²) in [5, 5.41) is 30.4. The van der Waals surface area contributed by atoms with Gasteiger partial charge in [-0.05, 0) is 57.3 Å². The van der Waals surface area contributed by atoms with Gasteiger partial charge in [-0.1, -0.05) is 153 Å². The van der Waals surface area contributed by atoms with E-state index < -0.39 is 24.3 Å². The number of esters is 2. The predicted molar refractivity (Wildman–Crippen MR) is 203 cm³/mol. The molecule has 284 valence electrons. The summed E-state index contributed by atoms with van der Waals surface area (Å²) in [7, 11) is 0. The van der Waals surface area contributed by atoms with Crippen LogP contribution in [0.2, 0.25) is 0 Å². The molecule has 7 heteroatoms. The highest BCUT2D eigenvalue weighted by Crippen LogP contribution is 2.15. The van der Waals surface area contributed by atoms with Crippen LogP contribution in [0.15, 0.2) is 48.6 Å². The third-order valence-corrected chi connectivity index (χ3v) is 8.46. The molecular weight excluding hydrogens is 616 g/mol. The molecule has 0 aliphatic heterocycles. The molecule has 0 aromatic carbocycles. The minimum absolute atomic E-state index is 0.0684. The van der Waals surface area contributed by atoms with Crippen molar-refractivity contribution >= 4 is 11.9 Å². The van der Waals surface area contributed by atoms with E-state index in [9.17, 15) is 24.9 Å². The Kier molecular flexibility index (Phi) is 34.0. The monoisotopic (exact) mass is 691 g/mol. The molecule has 0 heterocycles. The van der Waals surface area contributed by atoms with Gasteiger partial charge < -0.3 is 24.8 Å². The molecule has 0 radical (unpaired) electrons. The third-order valence-electron chi connectivity index (χ3n) is 8.46. The Hall–Kier alpha value is -2.22. The molecule has 0 saturated carbocycles. The fourth-order valence-electron chi connectivity index (χ4n) is 5.36. The van der Waals surface area contributed by atoms with Crippen LogP contribution in [0.3, 0.4) is 0 Å². The van der Waals surface area contributed by atoms with Crippen molar-refractivity contribution in [3.05, 3.63) is 48.6 Å². The largest absolute Gasteiger partial charge is 0.463 e. The van der Waals surface area contributed by atoms with E-state index >= 15 is 0 Å². The number of rotatable bonds is 34. The number of carbonyl (C=O) groups is 2. The molecule has 0 unspecified atom stereocenters. The van der Waals surface area contributed by atoms with E-state index in [2.05, 4.69) is 57.2 Å². The summed E-state index contributed by atoms with van der Waals surface area (Å²) < 4.78 is 10.2. The standard InChI is InChI=1S/C42H74O7/c1-4-5-6-7-8-9-10-15-18-21-24-27-31-39(44)40(45)32-29-34-42(47)49-36-38(43)35-48-41(46)33-28-25-22-19-16-13-11-12-14-17-20-23-26-30-37(2)3/h5-6,8-9,15,18,24,27,37-40,43-45H,4,7,10-14,16-17,19-23,25-26,28-36H2,1-3H3/b6-5-,9-8-,18-15-,27-24-/t38-,39-,40-/m0/s1. The lowest BCUT2D eigenvalue weighted by Crippen LogP contribution is -2.26. The average Bonchev–Trinajstić information content (AvgIpc) is 3.08. The molecule has 7 nitrogen and oxygen atoms in total. The first kappa shape index (κ1) is 46.8. The molecular formula is C42H74O7. The minimum atomic E-state index is -1.07. The summed E-state index contributed by atoms with van der Waals surface area (Å²) in [6.45, 7) is 6.27. The van der Waals surface area contributed by atoms with Gasteiger partial charge in [-0.25, -0.2) is 0 Å². The van der Waals surface area contributed by atoms with Crippen molar-refractivity contribution in [2.45, 2.75) is 187 Å². The number of carbonyl (C=O) groups excluding carboxylic acids is 2. The normalized spacial score (nSPS) is 14.1. The van der Waals surface area contributed by atoms with E-state index in [4.69, 9.17) is 9.47 Å². The van der Waals surface area contributed by atoms with E-state index in [1.807, 2.05) is 12.2 Å². The lowest BCUT2D eigenvalue weighted by molar-refractivity contribution is -0.152. The van der Waals surface area contributed by atoms with Crippen LogP contribution in [0.5, 0.6) is 0 Å². The SMILES string of the molecule is CC/C=C\C/C=C\C/C=C\C/C=C\C[C@H](O)[C@@H](O)CCCC(=O)OC[C@@H](O)COC(=O)CCCCCCCCCCCCCCCC(C)C. The fourth-order valence-corrected chi connectivity index (χ4v) is 5.36. The van der Waals surface area contributed by atoms with Gasteiger partial charge in [0.15, 0.2) is 0 Å². The van der Waals surface area contributed by atoms with Gasteiger partial charge in [-0.15, -0.1) is 0 Å². The lowest BCUT2D eigenvalue weighted by Gasteiger charge is -2.16. The zero-order valence-corrected chi connectivity index (χ0v) is 31.6. The van der Waals surface area contributed by atoms with Crippen LogP contribution in [0.1, 0.15) is 168 Å². The first-order valence-electron chi connectivity index (χ1n) is 19.7. The third kappa shape index (κ3) is 35.4. The number of hydrogen-bond acceptors (Lipinski definition) is 7. The van der Waals surface area contributed by atoms with Crippen molar-refractivity contribution in [3.63, 3.8) is 0 Å². The number of aliphatic hydroxyl groups is 3. The quantitative estimate of drug-likeness (QED) is 0.0350. The van der Waals surface area contributed by atoms with Crippen molar-refractivity contribution in [2.75, 3.05) is 13.2 Å². The molecule has 0 bridgehead atoms.